The molecular formula is C72H122N6O50. The fraction of sp³-hybridized carbons (Fsp3) is 0.917. The highest BCUT2D eigenvalue weighted by Crippen LogP contribution is 2.41. The number of hydrogen-bond donors (Lipinski definition) is 32. The third kappa shape index (κ3) is 24.7. The quantitative estimate of drug-likeness (QED) is 0.0275. The molecule has 0 saturated carbocycles. The van der Waals surface area contributed by atoms with Gasteiger partial charge in [-0.3, -0.25) is 28.8 Å². The second-order valence-corrected chi connectivity index (χ2v) is 32.2. The van der Waals surface area contributed by atoms with Crippen LogP contribution in [0.1, 0.15) is 48.5 Å². The first kappa shape index (κ1) is 107. The van der Waals surface area contributed by atoms with Crippen molar-refractivity contribution >= 4 is 35.4 Å². The lowest BCUT2D eigenvalue weighted by Crippen LogP contribution is -2.71. The minimum absolute atomic E-state index is 0.815. The van der Waals surface area contributed by atoms with Crippen molar-refractivity contribution in [3.8, 4) is 0 Å². The SMILES string of the molecule is CC(=O)N[C@H]1[C@H](OC[C@H]2O[C@@H](O[C@H]3[C@H](O)[C@@H](NC(C)=O)[C@H](O[C@@H]([C@@H](O)[C@H](O)CO)[C@H](CO)NC(C)=O)O[C@@H]3CO)[C@H](O)[C@@H](O[C@@H]3O[C@H](CO)[C@@H](O[C@@H]4O[C@H](CO)[C@H](O)[C@H](O[C@H]5O[C@H](CO)[C@H](O)[C@H](O)[C@H]5NC(C)=O)[C@H]4O[C@@H]4O[C@@H](C)[C@@H](O)[C@@H](O)[C@@H]4O)[C@H](O)[C@H]3NC(C)=O)[C@H]2O)O[C@H](CO)[C@@H](O[C@@H]2O[C@H](CO)[C@H](O)[C@H](O[C@H]3O[C@H](CO)[C@H](O)[C@H](O)[C@H]3NC(C)=O)[C@H]2O)[C@@H]1O. The van der Waals surface area contributed by atoms with Gasteiger partial charge in [0.15, 0.2) is 56.6 Å². The predicted octanol–water partition coefficient (Wildman–Crippen LogP) is -21.3. The molecule has 0 bridgehead atoms. The van der Waals surface area contributed by atoms with E-state index in [0.29, 0.717) is 0 Å². The second kappa shape index (κ2) is 47.5. The van der Waals surface area contributed by atoms with Gasteiger partial charge in [0.2, 0.25) is 35.4 Å². The summed E-state index contributed by atoms with van der Waals surface area (Å²) in [6.45, 7) is -4.52. The van der Waals surface area contributed by atoms with Crippen LogP contribution in [0.25, 0.3) is 0 Å². The van der Waals surface area contributed by atoms with Gasteiger partial charge in [-0.25, -0.2) is 0 Å². The van der Waals surface area contributed by atoms with E-state index in [9.17, 15) is 162 Å². The first-order valence-electron chi connectivity index (χ1n) is 40.9. The first-order valence-corrected chi connectivity index (χ1v) is 40.9. The van der Waals surface area contributed by atoms with Gasteiger partial charge in [-0.1, -0.05) is 0 Å². The smallest absolute Gasteiger partial charge is 0.217 e. The average molecular weight is 1870 g/mol. The number of carbonyl (C=O) groups excluding carboxylic acids is 6. The Balaban J connectivity index is 1.06. The van der Waals surface area contributed by atoms with Gasteiger partial charge in [0.1, 0.15) is 232 Å². The Kier molecular flexibility index (Phi) is 39.6. The molecule has 6 amide bonds. The zero-order valence-electron chi connectivity index (χ0n) is 69.8. The van der Waals surface area contributed by atoms with E-state index < -0.39 is 402 Å². The lowest BCUT2D eigenvalue weighted by molar-refractivity contribution is -0.402. The van der Waals surface area contributed by atoms with Gasteiger partial charge in [0, 0.05) is 41.5 Å². The molecule has 56 heteroatoms. The molecule has 9 aliphatic heterocycles. The van der Waals surface area contributed by atoms with Gasteiger partial charge in [-0.05, 0) is 6.92 Å². The van der Waals surface area contributed by atoms with E-state index in [1.165, 1.54) is 6.92 Å². The zero-order chi connectivity index (χ0) is 94.8. The molecule has 56 nitrogen and oxygen atoms in total. The Morgan fingerprint density at radius 3 is 0.984 bits per heavy atom. The zero-order valence-corrected chi connectivity index (χ0v) is 69.8. The highest BCUT2D eigenvalue weighted by atomic mass is 16.8. The number of carbonyl (C=O) groups is 6. The van der Waals surface area contributed by atoms with E-state index >= 15 is 0 Å². The Hall–Kier alpha value is -4.94. The summed E-state index contributed by atoms with van der Waals surface area (Å²) in [4.78, 5) is 77.1. The molecule has 0 aromatic carbocycles. The Morgan fingerprint density at radius 2 is 0.586 bits per heavy atom. The number of nitrogens with one attached hydrogen (secondary N) is 6. The molecule has 9 rings (SSSR count). The van der Waals surface area contributed by atoms with Crippen LogP contribution in [0.3, 0.4) is 0 Å². The molecule has 9 fully saturated rings. The van der Waals surface area contributed by atoms with Crippen LogP contribution in [0, 0.1) is 0 Å². The molecule has 9 saturated heterocycles. The molecule has 128 heavy (non-hydrogen) atoms. The Labute approximate surface area is 727 Å². The van der Waals surface area contributed by atoms with Crippen LogP contribution in [0.15, 0.2) is 0 Å². The molecule has 49 atom stereocenters. The minimum Gasteiger partial charge on any atom is -0.394 e. The number of rotatable bonds is 37. The van der Waals surface area contributed by atoms with Crippen LogP contribution in [-0.2, 0) is 114 Å². The summed E-state index contributed by atoms with van der Waals surface area (Å²) in [6.07, 6.45) is -90.3. The number of aliphatic hydroxyl groups is 26. The van der Waals surface area contributed by atoms with Crippen molar-refractivity contribution in [1.82, 2.24) is 31.9 Å². The van der Waals surface area contributed by atoms with Gasteiger partial charge in [0.05, 0.1) is 78.2 Å². The second-order valence-electron chi connectivity index (χ2n) is 32.2. The standard InChI is InChI=1S/C72H122N6O50/c1-18-40(95)52(107)53(108)69(112-18)128-63-62(127-66-36(75-21(4)90)48(103)43(98)28(11-82)114-66)45(100)30(13-84)116-72(63)124-59-33(16-87)119-68(39(51(59)106)78-24(7)93)126-61-46(101)34(120-71(55(61)110)123-58-32(15-86)118-67(38(50(58)105)77-23(6)92)121-56(41(96)26(94)9-80)25(8-79)73-19(2)88)17-111-64-37(76-22(5)91)49(104)57(31(14-85)117-64)122-70-54(109)60(44(99)29(12-83)115-70)125-65-35(74-20(3)89)47(102)42(97)27(10-81)113-65/h18,25-72,79-87,94-110H,8-17H2,1-7H3,(H,73,88)(H,74,89)(H,75,90)(H,76,91)(H,77,92)(H,78,93)/t18-,25-,26+,27+,28+,29+,30+,31+,32+,33+,34+,35+,36+,37+,38+,39+,40+,41-,42-,43-,44-,45-,46-,47+,48+,49+,50+,51+,52+,53-,54+,55+,56+,57+,58+,59+,60-,61-,62-,63+,64+,65+,66+,67-,68-,69-,70-,71-,72-/m0/s1. The number of hydrogen-bond acceptors (Lipinski definition) is 50. The van der Waals surface area contributed by atoms with Crippen molar-refractivity contribution in [2.45, 2.75) is 349 Å². The number of amides is 6. The van der Waals surface area contributed by atoms with Crippen LogP contribution >= 0.6 is 0 Å². The van der Waals surface area contributed by atoms with E-state index in [2.05, 4.69) is 31.9 Å². The molecule has 0 aromatic rings. The van der Waals surface area contributed by atoms with Crippen molar-refractivity contribution in [3.63, 3.8) is 0 Å². The summed E-state index contributed by atoms with van der Waals surface area (Å²) >= 11 is 0. The maximum absolute atomic E-state index is 13.5. The van der Waals surface area contributed by atoms with Gasteiger partial charge >= 0.3 is 0 Å². The van der Waals surface area contributed by atoms with Crippen LogP contribution < -0.4 is 31.9 Å². The number of ether oxygens (including phenoxy) is 18. The van der Waals surface area contributed by atoms with Gasteiger partial charge in [-0.15, -0.1) is 0 Å². The molecule has 0 spiro atoms. The van der Waals surface area contributed by atoms with E-state index in [1.807, 2.05) is 0 Å². The van der Waals surface area contributed by atoms with Crippen molar-refractivity contribution in [2.75, 3.05) is 66.1 Å². The van der Waals surface area contributed by atoms with Crippen LogP contribution in [0.4, 0.5) is 0 Å². The first-order chi connectivity index (χ1) is 60.5. The minimum atomic E-state index is -2.59. The lowest BCUT2D eigenvalue weighted by Gasteiger charge is -2.52. The Morgan fingerprint density at radius 1 is 0.281 bits per heavy atom. The molecule has 9 aliphatic rings. The summed E-state index contributed by atoms with van der Waals surface area (Å²) < 4.78 is 109. The van der Waals surface area contributed by atoms with E-state index in [4.69, 9.17) is 85.3 Å². The summed E-state index contributed by atoms with van der Waals surface area (Å²) in [5.74, 6) is -5.57. The fourth-order valence-electron chi connectivity index (χ4n) is 16.3. The van der Waals surface area contributed by atoms with Crippen molar-refractivity contribution in [2.24, 2.45) is 0 Å². The summed E-state index contributed by atoms with van der Waals surface area (Å²) in [5.41, 5.74) is 0. The molecular weight excluding hydrogens is 1750 g/mol. The van der Waals surface area contributed by atoms with Crippen molar-refractivity contribution in [1.29, 1.82) is 0 Å². The predicted molar refractivity (Wildman–Crippen MR) is 400 cm³/mol. The number of aliphatic hydroxyl groups excluding tert-OH is 26. The Bertz CT molecular complexity index is 3500. The molecule has 0 unspecified atom stereocenters. The third-order valence-electron chi connectivity index (χ3n) is 22.9. The summed E-state index contributed by atoms with van der Waals surface area (Å²) in [6, 6.07) is -11.3. The monoisotopic (exact) mass is 1870 g/mol. The normalized spacial score (nSPS) is 45.2. The molecule has 740 valence electrons. The largest absolute Gasteiger partial charge is 0.394 e. The van der Waals surface area contributed by atoms with Crippen LogP contribution in [0.2, 0.25) is 0 Å². The van der Waals surface area contributed by atoms with Gasteiger partial charge in [0.25, 0.3) is 0 Å². The van der Waals surface area contributed by atoms with E-state index in [1.54, 1.807) is 0 Å². The topological polar surface area (TPSA) is 867 Å². The molecule has 0 aromatic heterocycles. The van der Waals surface area contributed by atoms with Crippen LogP contribution in [0.5, 0.6) is 0 Å². The fourth-order valence-corrected chi connectivity index (χ4v) is 16.3. The van der Waals surface area contributed by atoms with Gasteiger partial charge in [-0.2, -0.15) is 0 Å². The lowest BCUT2D eigenvalue weighted by atomic mass is 9.93. The van der Waals surface area contributed by atoms with Gasteiger partial charge < -0.3 is 250 Å². The molecule has 32 N–H and O–H groups in total. The van der Waals surface area contributed by atoms with Crippen molar-refractivity contribution < 1.29 is 247 Å². The maximum Gasteiger partial charge on any atom is 0.217 e. The maximum atomic E-state index is 13.5. The van der Waals surface area contributed by atoms with E-state index in [-0.39, 0.29) is 0 Å². The molecule has 0 aliphatic carbocycles. The summed E-state index contributed by atoms with van der Waals surface area (Å²) in [5, 5.41) is 306. The molecule has 0 radical (unpaired) electrons. The third-order valence-corrected chi connectivity index (χ3v) is 22.9. The molecule has 9 heterocycles. The van der Waals surface area contributed by atoms with Crippen LogP contribution in [-0.4, -0.2) is 535 Å². The highest BCUT2D eigenvalue weighted by Gasteiger charge is 2.62. The summed E-state index contributed by atoms with van der Waals surface area (Å²) in [7, 11) is 0. The van der Waals surface area contributed by atoms with Crippen molar-refractivity contribution in [3.05, 3.63) is 0 Å². The average Bonchev–Trinajstić information content (AvgIpc) is 0.767. The highest BCUT2D eigenvalue weighted by molar-refractivity contribution is 5.75. The van der Waals surface area contributed by atoms with E-state index in [0.717, 1.165) is 41.5 Å².